The van der Waals surface area contributed by atoms with Gasteiger partial charge in [-0.3, -0.25) is 9.59 Å². The van der Waals surface area contributed by atoms with Crippen LogP contribution in [0.3, 0.4) is 0 Å². The Morgan fingerprint density at radius 3 is 2.25 bits per heavy atom. The van der Waals surface area contributed by atoms with Crippen LogP contribution in [0.5, 0.6) is 0 Å². The second-order valence-corrected chi connectivity index (χ2v) is 5.97. The molecule has 2 rings (SSSR count). The fraction of sp³-hybridized carbons (Fsp3) is 0.158. The Bertz CT molecular complexity index is 735. The molecule has 0 aliphatic heterocycles. The SMILES string of the molecule is CN(C)C(=O)Cc1ccc(NC(=O)/C=C/c2ccc(Cl)cc2)cc1. The van der Waals surface area contributed by atoms with E-state index in [-0.39, 0.29) is 11.8 Å². The molecule has 0 unspecified atom stereocenters. The molecule has 0 bridgehead atoms. The monoisotopic (exact) mass is 342 g/mol. The molecule has 0 saturated heterocycles. The van der Waals surface area contributed by atoms with E-state index in [1.807, 2.05) is 24.3 Å². The van der Waals surface area contributed by atoms with Crippen molar-refractivity contribution in [3.8, 4) is 0 Å². The molecule has 2 aromatic rings. The molecule has 2 aromatic carbocycles. The summed E-state index contributed by atoms with van der Waals surface area (Å²) in [7, 11) is 3.45. The molecule has 0 aliphatic rings. The predicted molar refractivity (Wildman–Crippen MR) is 98.0 cm³/mol. The molecule has 24 heavy (non-hydrogen) atoms. The Morgan fingerprint density at radius 1 is 1.04 bits per heavy atom. The fourth-order valence-electron chi connectivity index (χ4n) is 1.97. The molecule has 0 spiro atoms. The maximum Gasteiger partial charge on any atom is 0.248 e. The molecule has 0 atom stereocenters. The van der Waals surface area contributed by atoms with Gasteiger partial charge in [-0.25, -0.2) is 0 Å². The number of nitrogens with one attached hydrogen (secondary N) is 1. The molecule has 124 valence electrons. The quantitative estimate of drug-likeness (QED) is 0.844. The maximum atomic E-state index is 11.9. The molecule has 2 amide bonds. The third kappa shape index (κ3) is 5.56. The summed E-state index contributed by atoms with van der Waals surface area (Å²) in [5.74, 6) is -0.181. The van der Waals surface area contributed by atoms with E-state index < -0.39 is 0 Å². The highest BCUT2D eigenvalue weighted by atomic mass is 35.5. The van der Waals surface area contributed by atoms with Gasteiger partial charge in [0.15, 0.2) is 0 Å². The standard InChI is InChI=1S/C19H19ClN2O2/c1-22(2)19(24)13-15-5-10-17(11-6-15)21-18(23)12-7-14-3-8-16(20)9-4-14/h3-12H,13H2,1-2H3,(H,21,23)/b12-7+. The normalized spacial score (nSPS) is 10.6. The van der Waals surface area contributed by atoms with Crippen molar-refractivity contribution in [2.24, 2.45) is 0 Å². The lowest BCUT2D eigenvalue weighted by Crippen LogP contribution is -2.23. The number of carbonyl (C=O) groups excluding carboxylic acids is 2. The second-order valence-electron chi connectivity index (χ2n) is 5.54. The number of anilines is 1. The zero-order chi connectivity index (χ0) is 17.5. The van der Waals surface area contributed by atoms with E-state index in [1.165, 1.54) is 6.08 Å². The predicted octanol–water partition coefficient (Wildman–Crippen LogP) is 3.62. The molecular weight excluding hydrogens is 324 g/mol. The van der Waals surface area contributed by atoms with Crippen molar-refractivity contribution in [3.05, 3.63) is 70.8 Å². The first kappa shape index (κ1) is 17.8. The first-order valence-corrected chi connectivity index (χ1v) is 7.85. The van der Waals surface area contributed by atoms with Crippen LogP contribution in [-0.2, 0) is 16.0 Å². The van der Waals surface area contributed by atoms with Gasteiger partial charge < -0.3 is 10.2 Å². The van der Waals surface area contributed by atoms with Gasteiger partial charge in [0, 0.05) is 30.9 Å². The number of benzene rings is 2. The van der Waals surface area contributed by atoms with Crippen molar-refractivity contribution < 1.29 is 9.59 Å². The number of likely N-dealkylation sites (N-methyl/N-ethyl adjacent to an activating group) is 1. The van der Waals surface area contributed by atoms with Crippen molar-refractivity contribution in [1.82, 2.24) is 4.90 Å². The van der Waals surface area contributed by atoms with Gasteiger partial charge >= 0.3 is 0 Å². The van der Waals surface area contributed by atoms with E-state index in [9.17, 15) is 9.59 Å². The van der Waals surface area contributed by atoms with Gasteiger partial charge in [0.05, 0.1) is 6.42 Å². The average Bonchev–Trinajstić information content (AvgIpc) is 2.56. The van der Waals surface area contributed by atoms with Gasteiger partial charge in [-0.15, -0.1) is 0 Å². The van der Waals surface area contributed by atoms with Gasteiger partial charge in [0.25, 0.3) is 0 Å². The third-order valence-electron chi connectivity index (χ3n) is 3.37. The van der Waals surface area contributed by atoms with Crippen LogP contribution in [0.15, 0.2) is 54.6 Å². The zero-order valence-corrected chi connectivity index (χ0v) is 14.4. The molecule has 1 N–H and O–H groups in total. The molecule has 0 fully saturated rings. The minimum atomic E-state index is -0.220. The average molecular weight is 343 g/mol. The number of amides is 2. The number of halogens is 1. The van der Waals surface area contributed by atoms with Gasteiger partial charge in [-0.2, -0.15) is 0 Å². The summed E-state index contributed by atoms with van der Waals surface area (Å²) in [4.78, 5) is 25.1. The van der Waals surface area contributed by atoms with Crippen LogP contribution in [0.2, 0.25) is 5.02 Å². The van der Waals surface area contributed by atoms with E-state index >= 15 is 0 Å². The largest absolute Gasteiger partial charge is 0.349 e. The molecule has 0 aliphatic carbocycles. The van der Waals surface area contributed by atoms with Crippen LogP contribution in [0, 0.1) is 0 Å². The summed E-state index contributed by atoms with van der Waals surface area (Å²) in [6, 6.07) is 14.4. The Kier molecular flexibility index (Phi) is 6.15. The van der Waals surface area contributed by atoms with Gasteiger partial charge in [-0.1, -0.05) is 35.9 Å². The zero-order valence-electron chi connectivity index (χ0n) is 13.6. The minimum Gasteiger partial charge on any atom is -0.349 e. The summed E-state index contributed by atoms with van der Waals surface area (Å²) in [5, 5.41) is 3.44. The lowest BCUT2D eigenvalue weighted by Gasteiger charge is -2.10. The maximum absolute atomic E-state index is 11.9. The van der Waals surface area contributed by atoms with Crippen LogP contribution in [-0.4, -0.2) is 30.8 Å². The number of rotatable bonds is 5. The molecule has 5 heteroatoms. The van der Waals surface area contributed by atoms with Crippen LogP contribution in [0.1, 0.15) is 11.1 Å². The topological polar surface area (TPSA) is 49.4 Å². The van der Waals surface area contributed by atoms with Crippen LogP contribution in [0.4, 0.5) is 5.69 Å². The van der Waals surface area contributed by atoms with Crippen molar-refractivity contribution in [3.63, 3.8) is 0 Å². The van der Waals surface area contributed by atoms with E-state index in [2.05, 4.69) is 5.32 Å². The lowest BCUT2D eigenvalue weighted by atomic mass is 10.1. The Balaban J connectivity index is 1.92. The summed E-state index contributed by atoms with van der Waals surface area (Å²) in [5.41, 5.74) is 2.48. The smallest absolute Gasteiger partial charge is 0.248 e. The number of nitrogens with zero attached hydrogens (tertiary/aromatic N) is 1. The fourth-order valence-corrected chi connectivity index (χ4v) is 2.09. The Morgan fingerprint density at radius 2 is 1.67 bits per heavy atom. The van der Waals surface area contributed by atoms with Crippen molar-refractivity contribution in [1.29, 1.82) is 0 Å². The first-order chi connectivity index (χ1) is 11.4. The molecule has 0 aromatic heterocycles. The van der Waals surface area contributed by atoms with E-state index in [1.54, 1.807) is 49.3 Å². The Hall–Kier alpha value is -2.59. The van der Waals surface area contributed by atoms with Gasteiger partial charge in [0.2, 0.25) is 11.8 Å². The van der Waals surface area contributed by atoms with Gasteiger partial charge in [-0.05, 0) is 41.5 Å². The first-order valence-electron chi connectivity index (χ1n) is 7.48. The minimum absolute atomic E-state index is 0.0395. The van der Waals surface area contributed by atoms with Crippen LogP contribution >= 0.6 is 11.6 Å². The summed E-state index contributed by atoms with van der Waals surface area (Å²) >= 11 is 5.82. The molecule has 0 heterocycles. The van der Waals surface area contributed by atoms with E-state index in [0.717, 1.165) is 11.1 Å². The third-order valence-corrected chi connectivity index (χ3v) is 3.62. The van der Waals surface area contributed by atoms with Crippen molar-refractivity contribution in [2.45, 2.75) is 6.42 Å². The number of hydrogen-bond acceptors (Lipinski definition) is 2. The van der Waals surface area contributed by atoms with Crippen LogP contribution < -0.4 is 5.32 Å². The van der Waals surface area contributed by atoms with E-state index in [0.29, 0.717) is 17.1 Å². The molecule has 0 radical (unpaired) electrons. The van der Waals surface area contributed by atoms with Gasteiger partial charge in [0.1, 0.15) is 0 Å². The summed E-state index contributed by atoms with van der Waals surface area (Å²) < 4.78 is 0. The van der Waals surface area contributed by atoms with Crippen molar-refractivity contribution >= 4 is 35.2 Å². The van der Waals surface area contributed by atoms with Crippen molar-refractivity contribution in [2.75, 3.05) is 19.4 Å². The number of carbonyl (C=O) groups is 2. The second kappa shape index (κ2) is 8.31. The Labute approximate surface area is 146 Å². The molecule has 4 nitrogen and oxygen atoms in total. The molecular formula is C19H19ClN2O2. The van der Waals surface area contributed by atoms with Crippen LogP contribution in [0.25, 0.3) is 6.08 Å². The highest BCUT2D eigenvalue weighted by Gasteiger charge is 2.05. The lowest BCUT2D eigenvalue weighted by molar-refractivity contribution is -0.128. The summed E-state index contributed by atoms with van der Waals surface area (Å²) in [6.45, 7) is 0. The highest BCUT2D eigenvalue weighted by Crippen LogP contribution is 2.12. The summed E-state index contributed by atoms with van der Waals surface area (Å²) in [6.07, 6.45) is 3.53. The van der Waals surface area contributed by atoms with E-state index in [4.69, 9.17) is 11.6 Å². The number of hydrogen-bond donors (Lipinski definition) is 1. The highest BCUT2D eigenvalue weighted by molar-refractivity contribution is 6.30. The molecule has 0 saturated carbocycles.